The summed E-state index contributed by atoms with van der Waals surface area (Å²) in [6, 6.07) is 79.2. The van der Waals surface area contributed by atoms with E-state index in [0.717, 1.165) is 124 Å². The first-order valence-corrected chi connectivity index (χ1v) is 25.0. The van der Waals surface area contributed by atoms with Gasteiger partial charge in [-0.05, 0) is 118 Å². The first-order chi connectivity index (χ1) is 36.5. The topological polar surface area (TPSA) is 51.6 Å². The zero-order chi connectivity index (χ0) is 50.1. The largest absolute Gasteiger partial charge is 0.256 e. The third-order valence-corrected chi connectivity index (χ3v) is 13.3. The Hall–Kier alpha value is -9.64. The second-order valence-corrected chi connectivity index (χ2v) is 18.4. The molecule has 0 radical (unpaired) electrons. The number of aromatic nitrogens is 4. The van der Waals surface area contributed by atoms with E-state index in [1.54, 1.807) is 0 Å². The zero-order valence-corrected chi connectivity index (χ0v) is 41.2. The first kappa shape index (κ1) is 46.7. The molecule has 4 heteroatoms. The van der Waals surface area contributed by atoms with Gasteiger partial charge in [-0.3, -0.25) is 19.9 Å². The van der Waals surface area contributed by atoms with E-state index >= 15 is 0 Å². The minimum Gasteiger partial charge on any atom is -0.256 e. The van der Waals surface area contributed by atoms with Crippen LogP contribution in [0, 0.1) is 0 Å². The molecule has 0 aliphatic carbocycles. The molecular weight excluding hydrogens is 897 g/mol. The van der Waals surface area contributed by atoms with Crippen LogP contribution in [0.1, 0.15) is 12.5 Å². The fourth-order valence-corrected chi connectivity index (χ4v) is 9.47. The van der Waals surface area contributed by atoms with Crippen molar-refractivity contribution in [1.29, 1.82) is 0 Å². The fraction of sp³-hybridized carbons (Fsp3) is 0.0286. The minimum atomic E-state index is 0.864. The number of pyridine rings is 4. The van der Waals surface area contributed by atoms with E-state index in [9.17, 15) is 0 Å². The number of allylic oxidation sites excluding steroid dienone is 5. The van der Waals surface area contributed by atoms with Gasteiger partial charge >= 0.3 is 0 Å². The van der Waals surface area contributed by atoms with E-state index in [2.05, 4.69) is 207 Å². The quantitative estimate of drug-likeness (QED) is 0.102. The molecule has 352 valence electrons. The predicted octanol–water partition coefficient (Wildman–Crippen LogP) is 18.2. The molecule has 0 aliphatic rings. The van der Waals surface area contributed by atoms with Gasteiger partial charge in [-0.1, -0.05) is 212 Å². The summed E-state index contributed by atoms with van der Waals surface area (Å²) in [7, 11) is 0. The second kappa shape index (κ2) is 21.8. The van der Waals surface area contributed by atoms with E-state index in [-0.39, 0.29) is 0 Å². The Labute approximate surface area is 434 Å². The average Bonchev–Trinajstić information content (AvgIpc) is 3.48. The maximum absolute atomic E-state index is 5.03. The van der Waals surface area contributed by atoms with Crippen LogP contribution in [0.5, 0.6) is 0 Å². The van der Waals surface area contributed by atoms with Gasteiger partial charge in [-0.15, -0.1) is 0 Å². The van der Waals surface area contributed by atoms with Crippen molar-refractivity contribution in [2.24, 2.45) is 0 Å². The second-order valence-electron chi connectivity index (χ2n) is 18.4. The molecule has 0 bridgehead atoms. The Morgan fingerprint density at radius 3 is 0.986 bits per heavy atom. The van der Waals surface area contributed by atoms with Crippen molar-refractivity contribution in [2.45, 2.75) is 13.3 Å². The third kappa shape index (κ3) is 10.5. The predicted molar refractivity (Wildman–Crippen MR) is 309 cm³/mol. The molecule has 0 fully saturated rings. The van der Waals surface area contributed by atoms with Gasteiger partial charge in [0.2, 0.25) is 0 Å². The highest BCUT2D eigenvalue weighted by molar-refractivity contribution is 5.94. The lowest BCUT2D eigenvalue weighted by Crippen LogP contribution is -1.93. The highest BCUT2D eigenvalue weighted by Crippen LogP contribution is 2.42. The smallest absolute Gasteiger partial charge is 0.0717 e. The molecule has 0 unspecified atom stereocenters. The number of rotatable bonds is 14. The Morgan fingerprint density at radius 1 is 0.324 bits per heavy atom. The van der Waals surface area contributed by atoms with Crippen LogP contribution < -0.4 is 0 Å². The van der Waals surface area contributed by atoms with Gasteiger partial charge in [-0.2, -0.15) is 0 Å². The van der Waals surface area contributed by atoms with Gasteiger partial charge in [0.25, 0.3) is 0 Å². The third-order valence-electron chi connectivity index (χ3n) is 13.3. The summed E-state index contributed by atoms with van der Waals surface area (Å²) in [5.41, 5.74) is 23.3. The molecule has 74 heavy (non-hydrogen) atoms. The monoisotopic (exact) mass is 948 g/mol. The van der Waals surface area contributed by atoms with Crippen molar-refractivity contribution >= 4 is 0 Å². The van der Waals surface area contributed by atoms with Gasteiger partial charge < -0.3 is 0 Å². The SMILES string of the molecule is C=C(C)/C=C\C=C/Cc1ccc(-c2ccc(-c3ccc(-c4ccccc4-c4cc(-c5ccccc5-c5ccc(-c6ccccc6)nc5)cc(-c5ccccc5-c5ccc(-c6ccccc6)nc5)c4)cn3)cn2)cc1. The maximum Gasteiger partial charge on any atom is 0.0717 e. The molecule has 7 aromatic carbocycles. The summed E-state index contributed by atoms with van der Waals surface area (Å²) in [6.07, 6.45) is 17.0. The van der Waals surface area contributed by atoms with Gasteiger partial charge in [0.05, 0.1) is 22.8 Å². The number of hydrogen-bond donors (Lipinski definition) is 0. The van der Waals surface area contributed by atoms with Gasteiger partial charge in [0.1, 0.15) is 0 Å². The Morgan fingerprint density at radius 2 is 0.635 bits per heavy atom. The van der Waals surface area contributed by atoms with Crippen molar-refractivity contribution in [3.05, 3.63) is 291 Å². The molecule has 4 aromatic heterocycles. The number of nitrogens with zero attached hydrogens (tertiary/aromatic N) is 4. The van der Waals surface area contributed by atoms with Crippen LogP contribution in [0.2, 0.25) is 0 Å². The Balaban J connectivity index is 0.940. The number of hydrogen-bond acceptors (Lipinski definition) is 4. The Kier molecular flexibility index (Phi) is 13.8. The number of benzene rings is 7. The first-order valence-electron chi connectivity index (χ1n) is 25.0. The summed E-state index contributed by atoms with van der Waals surface area (Å²) in [5, 5.41) is 0. The maximum atomic E-state index is 5.03. The van der Waals surface area contributed by atoms with Crippen molar-refractivity contribution in [2.75, 3.05) is 0 Å². The lowest BCUT2D eigenvalue weighted by atomic mass is 9.86. The summed E-state index contributed by atoms with van der Waals surface area (Å²) in [6.45, 7) is 5.91. The lowest BCUT2D eigenvalue weighted by molar-refractivity contribution is 1.26. The molecule has 0 saturated heterocycles. The molecule has 0 spiro atoms. The van der Waals surface area contributed by atoms with Crippen LogP contribution in [-0.2, 0) is 6.42 Å². The molecule has 4 nitrogen and oxygen atoms in total. The van der Waals surface area contributed by atoms with E-state index in [1.165, 1.54) is 5.56 Å². The van der Waals surface area contributed by atoms with Crippen molar-refractivity contribution in [3.63, 3.8) is 0 Å². The van der Waals surface area contributed by atoms with Gasteiger partial charge in [0.15, 0.2) is 0 Å². The van der Waals surface area contributed by atoms with Crippen molar-refractivity contribution in [1.82, 2.24) is 19.9 Å². The van der Waals surface area contributed by atoms with Crippen LogP contribution in [0.25, 0.3) is 112 Å². The molecule has 0 atom stereocenters. The minimum absolute atomic E-state index is 0.864. The van der Waals surface area contributed by atoms with E-state index in [4.69, 9.17) is 19.9 Å². The molecule has 0 saturated carbocycles. The highest BCUT2D eigenvalue weighted by Gasteiger charge is 2.17. The average molecular weight is 949 g/mol. The standard InChI is InChI=1S/C70H52N4/c1-49(2)18-6-3-7-19-50-30-32-53(33-31-50)69-41-37-57(48-74-69)70-40-36-56(47-73-70)63-26-14-17-29-66(63)60-43-58(64-27-15-12-24-61(64)54-34-38-67(71-45-54)51-20-8-4-9-21-51)42-59(44-60)65-28-16-13-25-62(65)55-35-39-68(72-46-55)52-22-10-5-11-23-52/h3-18,20-48H,1,19H2,2H3/b7-3-,18-6-. The van der Waals surface area contributed by atoms with Crippen LogP contribution in [0.3, 0.4) is 0 Å². The van der Waals surface area contributed by atoms with E-state index in [1.807, 2.05) is 80.3 Å². The van der Waals surface area contributed by atoms with E-state index in [0.29, 0.717) is 0 Å². The lowest BCUT2D eigenvalue weighted by Gasteiger charge is -2.18. The van der Waals surface area contributed by atoms with Gasteiger partial charge in [-0.25, -0.2) is 0 Å². The van der Waals surface area contributed by atoms with Crippen LogP contribution in [0.15, 0.2) is 286 Å². The normalized spacial score (nSPS) is 11.3. The molecule has 0 aliphatic heterocycles. The molecule has 4 heterocycles. The summed E-state index contributed by atoms with van der Waals surface area (Å²) in [5.74, 6) is 0. The summed E-state index contributed by atoms with van der Waals surface area (Å²) >= 11 is 0. The zero-order valence-electron chi connectivity index (χ0n) is 41.2. The highest BCUT2D eigenvalue weighted by atomic mass is 14.7. The van der Waals surface area contributed by atoms with Crippen molar-refractivity contribution in [3.8, 4) is 112 Å². The molecule has 0 N–H and O–H groups in total. The van der Waals surface area contributed by atoms with Crippen molar-refractivity contribution < 1.29 is 0 Å². The molecular formula is C70H52N4. The fourth-order valence-electron chi connectivity index (χ4n) is 9.47. The van der Waals surface area contributed by atoms with Crippen LogP contribution >= 0.6 is 0 Å². The summed E-state index contributed by atoms with van der Waals surface area (Å²) in [4.78, 5) is 19.8. The van der Waals surface area contributed by atoms with E-state index < -0.39 is 0 Å². The molecule has 0 amide bonds. The van der Waals surface area contributed by atoms with Gasteiger partial charge in [0, 0.05) is 63.7 Å². The molecule has 11 rings (SSSR count). The summed E-state index contributed by atoms with van der Waals surface area (Å²) < 4.78 is 0. The van der Waals surface area contributed by atoms with Crippen LogP contribution in [-0.4, -0.2) is 19.9 Å². The van der Waals surface area contributed by atoms with Crippen LogP contribution in [0.4, 0.5) is 0 Å². The molecule has 11 aromatic rings. The Bertz CT molecular complexity index is 3620.